The second-order valence-corrected chi connectivity index (χ2v) is 7.10. The minimum atomic E-state index is -0.835. The first kappa shape index (κ1) is 16.3. The molecule has 1 fully saturated rings. The molecule has 0 radical (unpaired) electrons. The van der Waals surface area contributed by atoms with Crippen LogP contribution in [0.15, 0.2) is 29.2 Å². The summed E-state index contributed by atoms with van der Waals surface area (Å²) in [7, 11) is 0. The van der Waals surface area contributed by atoms with E-state index in [9.17, 15) is 14.7 Å². The molecule has 2 unspecified atom stereocenters. The molecular weight excluding hydrogens is 314 g/mol. The Hall–Kier alpha value is -1.53. The number of nitrogens with one attached hydrogen (secondary N) is 1. The topological polar surface area (TPSA) is 75.6 Å². The van der Waals surface area contributed by atoms with E-state index in [4.69, 9.17) is 4.74 Å². The average Bonchev–Trinajstić information content (AvgIpc) is 2.99. The van der Waals surface area contributed by atoms with E-state index >= 15 is 0 Å². The van der Waals surface area contributed by atoms with E-state index in [1.807, 2.05) is 24.3 Å². The molecule has 5 nitrogen and oxygen atoms in total. The lowest BCUT2D eigenvalue weighted by molar-refractivity contribution is -0.145. The fraction of sp³-hybridized carbons (Fsp3) is 0.529. The molecular formula is C17H21NO4S. The van der Waals surface area contributed by atoms with Gasteiger partial charge in [0.1, 0.15) is 0 Å². The Bertz CT molecular complexity index is 586. The van der Waals surface area contributed by atoms with Gasteiger partial charge in [-0.05, 0) is 30.4 Å². The number of carbonyl (C=O) groups is 2. The fourth-order valence-electron chi connectivity index (χ4n) is 3.29. The second-order valence-electron chi connectivity index (χ2n) is 6.04. The Kier molecular flexibility index (Phi) is 5.23. The first-order chi connectivity index (χ1) is 11.2. The minimum absolute atomic E-state index is 0.0687. The molecule has 0 aromatic heterocycles. The number of carbonyl (C=O) groups excluding carboxylic acids is 1. The predicted octanol–water partition coefficient (Wildman–Crippen LogP) is 2.12. The number of carboxylic acids is 1. The molecule has 0 saturated carbocycles. The summed E-state index contributed by atoms with van der Waals surface area (Å²) in [6.07, 6.45) is 1.49. The highest BCUT2D eigenvalue weighted by Gasteiger charge is 2.33. The summed E-state index contributed by atoms with van der Waals surface area (Å²) in [6.45, 7) is 1.41. The Morgan fingerprint density at radius 2 is 2.04 bits per heavy atom. The molecule has 1 saturated heterocycles. The lowest BCUT2D eigenvalue weighted by Gasteiger charge is -2.28. The van der Waals surface area contributed by atoms with Crippen LogP contribution >= 0.6 is 11.8 Å². The third-order valence-corrected chi connectivity index (χ3v) is 5.85. The number of hydrogen-bond donors (Lipinski definition) is 2. The number of carboxylic acid groups (broad SMARTS) is 1. The van der Waals surface area contributed by atoms with Gasteiger partial charge >= 0.3 is 5.97 Å². The first-order valence-corrected chi connectivity index (χ1v) is 8.95. The molecule has 3 rings (SSSR count). The number of thioether (sulfide) groups is 1. The molecule has 2 atom stereocenters. The second kappa shape index (κ2) is 7.36. The highest BCUT2D eigenvalue weighted by atomic mass is 32.2. The highest BCUT2D eigenvalue weighted by Crippen LogP contribution is 2.39. The van der Waals surface area contributed by atoms with E-state index in [1.54, 1.807) is 11.8 Å². The SMILES string of the molecule is O=C(NCC(C(=O)O)C1CCOCC1)C1CSc2ccccc21. The van der Waals surface area contributed by atoms with Crippen LogP contribution in [0.1, 0.15) is 24.3 Å². The van der Waals surface area contributed by atoms with Crippen molar-refractivity contribution in [1.82, 2.24) is 5.32 Å². The molecule has 6 heteroatoms. The first-order valence-electron chi connectivity index (χ1n) is 7.97. The molecule has 2 heterocycles. The molecule has 2 aliphatic heterocycles. The van der Waals surface area contributed by atoms with Gasteiger partial charge in [-0.25, -0.2) is 0 Å². The number of amides is 1. The van der Waals surface area contributed by atoms with E-state index in [0.29, 0.717) is 13.2 Å². The van der Waals surface area contributed by atoms with Crippen molar-refractivity contribution in [3.05, 3.63) is 29.8 Å². The Morgan fingerprint density at radius 3 is 2.78 bits per heavy atom. The van der Waals surface area contributed by atoms with Gasteiger partial charge in [0.05, 0.1) is 11.8 Å². The van der Waals surface area contributed by atoms with E-state index in [1.165, 1.54) is 0 Å². The van der Waals surface area contributed by atoms with Crippen LogP contribution in [-0.2, 0) is 14.3 Å². The summed E-state index contributed by atoms with van der Waals surface area (Å²) in [5, 5.41) is 12.3. The van der Waals surface area contributed by atoms with Gasteiger partial charge in [0.25, 0.3) is 0 Å². The zero-order valence-corrected chi connectivity index (χ0v) is 13.7. The predicted molar refractivity (Wildman–Crippen MR) is 87.6 cm³/mol. The number of fused-ring (bicyclic) bond motifs is 1. The van der Waals surface area contributed by atoms with Gasteiger partial charge in [-0.3, -0.25) is 9.59 Å². The molecule has 0 spiro atoms. The van der Waals surface area contributed by atoms with E-state index in [2.05, 4.69) is 5.32 Å². The molecule has 2 N–H and O–H groups in total. The van der Waals surface area contributed by atoms with Crippen LogP contribution < -0.4 is 5.32 Å². The van der Waals surface area contributed by atoms with Gasteiger partial charge in [-0.1, -0.05) is 18.2 Å². The van der Waals surface area contributed by atoms with Crippen molar-refractivity contribution in [3.8, 4) is 0 Å². The van der Waals surface area contributed by atoms with Gasteiger partial charge in [0.15, 0.2) is 0 Å². The lowest BCUT2D eigenvalue weighted by atomic mass is 9.86. The zero-order valence-electron chi connectivity index (χ0n) is 12.9. The van der Waals surface area contributed by atoms with Crippen LogP contribution in [0.5, 0.6) is 0 Å². The molecule has 23 heavy (non-hydrogen) atoms. The summed E-state index contributed by atoms with van der Waals surface area (Å²) >= 11 is 1.68. The third kappa shape index (κ3) is 3.70. The van der Waals surface area contributed by atoms with Gasteiger partial charge in [0.2, 0.25) is 5.91 Å². The zero-order chi connectivity index (χ0) is 16.2. The Balaban J connectivity index is 1.60. The van der Waals surface area contributed by atoms with Crippen LogP contribution in [0.25, 0.3) is 0 Å². The Morgan fingerprint density at radius 1 is 1.30 bits per heavy atom. The molecule has 2 aliphatic rings. The van der Waals surface area contributed by atoms with Gasteiger partial charge in [0, 0.05) is 30.4 Å². The van der Waals surface area contributed by atoms with Crippen LogP contribution in [0.2, 0.25) is 0 Å². The number of rotatable bonds is 5. The van der Waals surface area contributed by atoms with Gasteiger partial charge < -0.3 is 15.2 Å². The van der Waals surface area contributed by atoms with E-state index in [0.717, 1.165) is 29.1 Å². The largest absolute Gasteiger partial charge is 0.481 e. The summed E-state index contributed by atoms with van der Waals surface area (Å²) in [6, 6.07) is 7.91. The Labute approximate surface area is 139 Å². The normalized spacial score (nSPS) is 22.3. The maximum atomic E-state index is 12.5. The van der Waals surface area contributed by atoms with Crippen molar-refractivity contribution >= 4 is 23.6 Å². The van der Waals surface area contributed by atoms with Crippen molar-refractivity contribution in [2.45, 2.75) is 23.7 Å². The summed E-state index contributed by atoms with van der Waals surface area (Å²) in [5.41, 5.74) is 1.05. The fourth-order valence-corrected chi connectivity index (χ4v) is 4.52. The maximum absolute atomic E-state index is 12.5. The van der Waals surface area contributed by atoms with Crippen molar-refractivity contribution in [3.63, 3.8) is 0 Å². The molecule has 0 bridgehead atoms. The molecule has 1 amide bonds. The summed E-state index contributed by atoms with van der Waals surface area (Å²) in [4.78, 5) is 25.2. The number of benzene rings is 1. The lowest BCUT2D eigenvalue weighted by Crippen LogP contribution is -2.40. The molecule has 0 aliphatic carbocycles. The number of hydrogen-bond acceptors (Lipinski definition) is 4. The average molecular weight is 335 g/mol. The summed E-state index contributed by atoms with van der Waals surface area (Å²) in [5.74, 6) is -0.821. The quantitative estimate of drug-likeness (QED) is 0.862. The van der Waals surface area contributed by atoms with Crippen LogP contribution in [0.4, 0.5) is 0 Å². The smallest absolute Gasteiger partial charge is 0.308 e. The van der Waals surface area contributed by atoms with E-state index < -0.39 is 11.9 Å². The highest BCUT2D eigenvalue weighted by molar-refractivity contribution is 7.99. The monoisotopic (exact) mass is 335 g/mol. The van der Waals surface area contributed by atoms with Crippen molar-refractivity contribution in [2.75, 3.05) is 25.5 Å². The third-order valence-electron chi connectivity index (χ3n) is 4.66. The van der Waals surface area contributed by atoms with Crippen LogP contribution in [0.3, 0.4) is 0 Å². The van der Waals surface area contributed by atoms with Crippen molar-refractivity contribution in [1.29, 1.82) is 0 Å². The molecule has 124 valence electrons. The van der Waals surface area contributed by atoms with Crippen LogP contribution in [-0.4, -0.2) is 42.5 Å². The van der Waals surface area contributed by atoms with Crippen molar-refractivity contribution in [2.24, 2.45) is 11.8 Å². The van der Waals surface area contributed by atoms with Crippen LogP contribution in [0, 0.1) is 11.8 Å². The van der Waals surface area contributed by atoms with Gasteiger partial charge in [-0.15, -0.1) is 11.8 Å². The van der Waals surface area contributed by atoms with Crippen molar-refractivity contribution < 1.29 is 19.4 Å². The summed E-state index contributed by atoms with van der Waals surface area (Å²) < 4.78 is 5.29. The van der Waals surface area contributed by atoms with E-state index in [-0.39, 0.29) is 24.3 Å². The van der Waals surface area contributed by atoms with Gasteiger partial charge in [-0.2, -0.15) is 0 Å². The standard InChI is InChI=1S/C17H21NO4S/c19-16(14-10-23-15-4-2-1-3-12(14)15)18-9-13(17(20)21)11-5-7-22-8-6-11/h1-4,11,13-14H,5-10H2,(H,18,19)(H,20,21). The minimum Gasteiger partial charge on any atom is -0.481 e. The number of ether oxygens (including phenoxy) is 1. The number of aliphatic carboxylic acids is 1. The molecule has 1 aromatic carbocycles. The maximum Gasteiger partial charge on any atom is 0.308 e. The molecule has 1 aromatic rings.